The molecule has 1 aliphatic carbocycles. The minimum absolute atomic E-state index is 0.595. The van der Waals surface area contributed by atoms with Crippen molar-refractivity contribution in [3.63, 3.8) is 0 Å². The van der Waals surface area contributed by atoms with E-state index in [1.54, 1.807) is 13.3 Å². The van der Waals surface area contributed by atoms with Crippen LogP contribution in [0.3, 0.4) is 0 Å². The average molecular weight is 316 g/mol. The summed E-state index contributed by atoms with van der Waals surface area (Å²) in [6.07, 6.45) is 8.73. The van der Waals surface area contributed by atoms with Crippen LogP contribution >= 0.6 is 0 Å². The Morgan fingerprint density at radius 3 is 2.52 bits per heavy atom. The Balaban J connectivity index is 1.62. The number of nitrogens with two attached hydrogens (primary N) is 1. The van der Waals surface area contributed by atoms with Crippen LogP contribution in [-0.2, 0) is 4.74 Å². The SMILES string of the molecule is C=C(OC)c1cnc(N2CCN(C3CCCCC3)CC2)c(N)c1. The van der Waals surface area contributed by atoms with Crippen LogP contribution in [0.15, 0.2) is 18.8 Å². The second-order valence-electron chi connectivity index (χ2n) is 6.58. The van der Waals surface area contributed by atoms with E-state index in [-0.39, 0.29) is 0 Å². The number of nitrogens with zero attached hydrogens (tertiary/aromatic N) is 3. The molecule has 0 amide bonds. The Hall–Kier alpha value is -1.75. The third-order valence-electron chi connectivity index (χ3n) is 5.17. The number of rotatable bonds is 4. The van der Waals surface area contributed by atoms with E-state index in [4.69, 9.17) is 10.5 Å². The van der Waals surface area contributed by atoms with Crippen molar-refractivity contribution < 1.29 is 4.74 Å². The first-order valence-corrected chi connectivity index (χ1v) is 8.67. The van der Waals surface area contributed by atoms with Gasteiger partial charge in [0.15, 0.2) is 5.82 Å². The van der Waals surface area contributed by atoms with Gasteiger partial charge in [-0.1, -0.05) is 25.8 Å². The molecule has 1 aromatic heterocycles. The Morgan fingerprint density at radius 2 is 1.91 bits per heavy atom. The summed E-state index contributed by atoms with van der Waals surface area (Å²) in [5, 5.41) is 0. The molecule has 0 spiro atoms. The molecule has 3 rings (SSSR count). The fourth-order valence-electron chi connectivity index (χ4n) is 3.75. The third kappa shape index (κ3) is 3.61. The highest BCUT2D eigenvalue weighted by Crippen LogP contribution is 2.27. The zero-order valence-corrected chi connectivity index (χ0v) is 14.1. The van der Waals surface area contributed by atoms with Gasteiger partial charge in [-0.15, -0.1) is 0 Å². The van der Waals surface area contributed by atoms with Crippen molar-refractivity contribution in [1.29, 1.82) is 0 Å². The van der Waals surface area contributed by atoms with Gasteiger partial charge in [0.1, 0.15) is 5.76 Å². The number of hydrogen-bond acceptors (Lipinski definition) is 5. The molecule has 1 saturated carbocycles. The van der Waals surface area contributed by atoms with Gasteiger partial charge >= 0.3 is 0 Å². The number of pyridine rings is 1. The summed E-state index contributed by atoms with van der Waals surface area (Å²) < 4.78 is 5.15. The predicted molar refractivity (Wildman–Crippen MR) is 95.4 cm³/mol. The van der Waals surface area contributed by atoms with Gasteiger partial charge in [-0.25, -0.2) is 4.98 Å². The smallest absolute Gasteiger partial charge is 0.151 e. The number of methoxy groups -OCH3 is 1. The van der Waals surface area contributed by atoms with Crippen LogP contribution in [0.25, 0.3) is 5.76 Å². The first-order valence-electron chi connectivity index (χ1n) is 8.67. The molecule has 5 heteroatoms. The Labute approximate surface area is 139 Å². The third-order valence-corrected chi connectivity index (χ3v) is 5.17. The minimum atomic E-state index is 0.595. The molecular weight excluding hydrogens is 288 g/mol. The molecule has 2 fully saturated rings. The molecule has 5 nitrogen and oxygen atoms in total. The summed E-state index contributed by atoms with van der Waals surface area (Å²) in [4.78, 5) is 9.51. The molecule has 2 aliphatic rings. The second-order valence-corrected chi connectivity index (χ2v) is 6.58. The van der Waals surface area contributed by atoms with Crippen molar-refractivity contribution in [3.8, 4) is 0 Å². The molecule has 1 aromatic rings. The van der Waals surface area contributed by atoms with Crippen LogP contribution in [0.5, 0.6) is 0 Å². The van der Waals surface area contributed by atoms with Crippen molar-refractivity contribution in [2.45, 2.75) is 38.1 Å². The van der Waals surface area contributed by atoms with Crippen LogP contribution in [0.4, 0.5) is 11.5 Å². The molecule has 0 atom stereocenters. The summed E-state index contributed by atoms with van der Waals surface area (Å²) in [7, 11) is 1.61. The number of nitrogen functional groups attached to an aromatic ring is 1. The molecule has 2 N–H and O–H groups in total. The van der Waals surface area contributed by atoms with Crippen molar-refractivity contribution >= 4 is 17.3 Å². The molecule has 0 radical (unpaired) electrons. The highest BCUT2D eigenvalue weighted by molar-refractivity contribution is 5.69. The minimum Gasteiger partial charge on any atom is -0.497 e. The number of anilines is 2. The van der Waals surface area contributed by atoms with E-state index in [0.29, 0.717) is 11.4 Å². The van der Waals surface area contributed by atoms with Crippen LogP contribution in [0.2, 0.25) is 0 Å². The van der Waals surface area contributed by atoms with Crippen LogP contribution < -0.4 is 10.6 Å². The maximum atomic E-state index is 6.21. The molecule has 2 heterocycles. The normalized spacial score (nSPS) is 20.5. The molecule has 0 aromatic carbocycles. The summed E-state index contributed by atoms with van der Waals surface area (Å²) >= 11 is 0. The fourth-order valence-corrected chi connectivity index (χ4v) is 3.75. The van der Waals surface area contributed by atoms with Gasteiger partial charge in [0.25, 0.3) is 0 Å². The fraction of sp³-hybridized carbons (Fsp3) is 0.611. The van der Waals surface area contributed by atoms with Gasteiger partial charge in [-0.3, -0.25) is 4.90 Å². The number of hydrogen-bond donors (Lipinski definition) is 1. The van der Waals surface area contributed by atoms with E-state index < -0.39 is 0 Å². The van der Waals surface area contributed by atoms with Crippen molar-refractivity contribution in [2.24, 2.45) is 0 Å². The molecule has 126 valence electrons. The zero-order valence-electron chi connectivity index (χ0n) is 14.1. The largest absolute Gasteiger partial charge is 0.497 e. The maximum Gasteiger partial charge on any atom is 0.151 e. The van der Waals surface area contributed by atoms with Gasteiger partial charge in [0.2, 0.25) is 0 Å². The lowest BCUT2D eigenvalue weighted by atomic mass is 9.94. The van der Waals surface area contributed by atoms with Crippen LogP contribution in [0, 0.1) is 0 Å². The molecular formula is C18H28N4O. The maximum absolute atomic E-state index is 6.21. The lowest BCUT2D eigenvalue weighted by Gasteiger charge is -2.41. The van der Waals surface area contributed by atoms with E-state index in [1.165, 1.54) is 32.1 Å². The van der Waals surface area contributed by atoms with Gasteiger partial charge in [0, 0.05) is 44.0 Å². The molecule has 0 unspecified atom stereocenters. The first-order chi connectivity index (χ1) is 11.2. The molecule has 23 heavy (non-hydrogen) atoms. The average Bonchev–Trinajstić information content (AvgIpc) is 2.62. The lowest BCUT2D eigenvalue weighted by Crippen LogP contribution is -2.51. The number of piperazine rings is 1. The highest BCUT2D eigenvalue weighted by Gasteiger charge is 2.26. The zero-order chi connectivity index (χ0) is 16.2. The standard InChI is InChI=1S/C18H28N4O/c1-14(23-2)15-12-17(19)18(20-13-15)22-10-8-21(9-11-22)16-6-4-3-5-7-16/h12-13,16H,1,3-11,19H2,2H3. The van der Waals surface area contributed by atoms with Gasteiger partial charge in [-0.05, 0) is 18.9 Å². The second kappa shape index (κ2) is 7.21. The van der Waals surface area contributed by atoms with E-state index in [9.17, 15) is 0 Å². The van der Waals surface area contributed by atoms with Crippen LogP contribution in [0.1, 0.15) is 37.7 Å². The first kappa shape index (κ1) is 16.1. The van der Waals surface area contributed by atoms with Gasteiger partial charge in [-0.2, -0.15) is 0 Å². The van der Waals surface area contributed by atoms with Gasteiger partial charge in [0.05, 0.1) is 12.8 Å². The number of ether oxygens (including phenoxy) is 1. The molecule has 1 aliphatic heterocycles. The van der Waals surface area contributed by atoms with E-state index >= 15 is 0 Å². The van der Waals surface area contributed by atoms with E-state index in [1.807, 2.05) is 6.07 Å². The van der Waals surface area contributed by atoms with Crippen molar-refractivity contribution in [2.75, 3.05) is 43.9 Å². The van der Waals surface area contributed by atoms with Crippen molar-refractivity contribution in [1.82, 2.24) is 9.88 Å². The predicted octanol–water partition coefficient (Wildman–Crippen LogP) is 2.74. The summed E-state index contributed by atoms with van der Waals surface area (Å²) in [6, 6.07) is 2.70. The molecule has 0 bridgehead atoms. The van der Waals surface area contributed by atoms with E-state index in [0.717, 1.165) is 43.6 Å². The summed E-state index contributed by atoms with van der Waals surface area (Å²) in [5.74, 6) is 1.49. The van der Waals surface area contributed by atoms with Crippen LogP contribution in [-0.4, -0.2) is 49.2 Å². The topological polar surface area (TPSA) is 54.6 Å². The Morgan fingerprint density at radius 1 is 1.22 bits per heavy atom. The lowest BCUT2D eigenvalue weighted by molar-refractivity contribution is 0.148. The Bertz CT molecular complexity index is 546. The quantitative estimate of drug-likeness (QED) is 0.866. The summed E-state index contributed by atoms with van der Waals surface area (Å²) in [5.41, 5.74) is 7.75. The van der Waals surface area contributed by atoms with Crippen molar-refractivity contribution in [3.05, 3.63) is 24.4 Å². The monoisotopic (exact) mass is 316 g/mol. The summed E-state index contributed by atoms with van der Waals surface area (Å²) in [6.45, 7) is 8.07. The number of aromatic nitrogens is 1. The van der Waals surface area contributed by atoms with E-state index in [2.05, 4.69) is 21.4 Å². The van der Waals surface area contributed by atoms with Gasteiger partial charge < -0.3 is 15.4 Å². The highest BCUT2D eigenvalue weighted by atomic mass is 16.5. The Kier molecular flexibility index (Phi) is 5.06. The molecule has 1 saturated heterocycles.